The first-order chi connectivity index (χ1) is 10.00. The lowest BCUT2D eigenvalue weighted by Crippen LogP contribution is -2.33. The van der Waals surface area contributed by atoms with E-state index in [-0.39, 0.29) is 5.41 Å². The number of thiazole rings is 1. The van der Waals surface area contributed by atoms with Crippen LogP contribution in [0.25, 0.3) is 10.2 Å². The van der Waals surface area contributed by atoms with Crippen molar-refractivity contribution >= 4 is 33.2 Å². The standard InChI is InChI=1S/C18H24ClNS/c1-12(13-8-5-4-6-9-13)18(2,3)17-20-16-14(19)10-7-11-15(16)21-17/h7,10-13H,4-6,8-9H2,1-3H3. The van der Waals surface area contributed by atoms with E-state index in [1.165, 1.54) is 41.8 Å². The molecule has 0 saturated heterocycles. The first-order valence-corrected chi connectivity index (χ1v) is 9.25. The molecule has 21 heavy (non-hydrogen) atoms. The van der Waals surface area contributed by atoms with Gasteiger partial charge in [0, 0.05) is 5.41 Å². The molecular weight excluding hydrogens is 298 g/mol. The van der Waals surface area contributed by atoms with Crippen LogP contribution in [0, 0.1) is 11.8 Å². The van der Waals surface area contributed by atoms with Gasteiger partial charge in [0.15, 0.2) is 0 Å². The van der Waals surface area contributed by atoms with Crippen LogP contribution in [0.5, 0.6) is 0 Å². The summed E-state index contributed by atoms with van der Waals surface area (Å²) in [6.45, 7) is 7.14. The summed E-state index contributed by atoms with van der Waals surface area (Å²) in [7, 11) is 0. The van der Waals surface area contributed by atoms with Gasteiger partial charge in [0.1, 0.15) is 5.52 Å². The molecule has 3 heteroatoms. The van der Waals surface area contributed by atoms with Crippen molar-refractivity contribution in [1.82, 2.24) is 4.98 Å². The van der Waals surface area contributed by atoms with Crippen LogP contribution in [-0.2, 0) is 5.41 Å². The normalized spacial score (nSPS) is 19.0. The summed E-state index contributed by atoms with van der Waals surface area (Å²) < 4.78 is 1.21. The van der Waals surface area contributed by atoms with E-state index < -0.39 is 0 Å². The Hall–Kier alpha value is -0.600. The highest BCUT2D eigenvalue weighted by atomic mass is 35.5. The molecule has 0 radical (unpaired) electrons. The van der Waals surface area contributed by atoms with Crippen LogP contribution in [0.1, 0.15) is 57.9 Å². The Balaban J connectivity index is 1.93. The van der Waals surface area contributed by atoms with Gasteiger partial charge in [-0.25, -0.2) is 4.98 Å². The van der Waals surface area contributed by atoms with E-state index in [1.807, 2.05) is 23.5 Å². The zero-order valence-corrected chi connectivity index (χ0v) is 14.7. The molecule has 1 unspecified atom stereocenters. The molecule has 1 heterocycles. The van der Waals surface area contributed by atoms with Gasteiger partial charge >= 0.3 is 0 Å². The zero-order chi connectivity index (χ0) is 15.0. The fourth-order valence-electron chi connectivity index (χ4n) is 3.61. The third-order valence-electron chi connectivity index (χ3n) is 5.42. The Morgan fingerprint density at radius 3 is 2.62 bits per heavy atom. The summed E-state index contributed by atoms with van der Waals surface area (Å²) in [6.07, 6.45) is 6.99. The number of halogens is 1. The van der Waals surface area contributed by atoms with Crippen LogP contribution in [0.3, 0.4) is 0 Å². The Morgan fingerprint density at radius 2 is 1.95 bits per heavy atom. The molecule has 0 bridgehead atoms. The summed E-state index contributed by atoms with van der Waals surface area (Å²) in [5, 5.41) is 2.01. The first-order valence-electron chi connectivity index (χ1n) is 8.05. The van der Waals surface area contributed by atoms with Crippen molar-refractivity contribution in [1.29, 1.82) is 0 Å². The van der Waals surface area contributed by atoms with Gasteiger partial charge in [-0.1, -0.05) is 70.5 Å². The van der Waals surface area contributed by atoms with Gasteiger partial charge in [-0.05, 0) is 24.0 Å². The van der Waals surface area contributed by atoms with Crippen molar-refractivity contribution in [3.05, 3.63) is 28.2 Å². The monoisotopic (exact) mass is 321 g/mol. The van der Waals surface area contributed by atoms with E-state index in [9.17, 15) is 0 Å². The van der Waals surface area contributed by atoms with Gasteiger partial charge in [-0.2, -0.15) is 0 Å². The number of nitrogens with zero attached hydrogens (tertiary/aromatic N) is 1. The highest BCUT2D eigenvalue weighted by Gasteiger charge is 2.36. The Kier molecular flexibility index (Phi) is 4.29. The van der Waals surface area contributed by atoms with Crippen LogP contribution in [0.4, 0.5) is 0 Å². The number of aromatic nitrogens is 1. The molecule has 1 aliphatic carbocycles. The minimum Gasteiger partial charge on any atom is -0.239 e. The number of fused-ring (bicyclic) bond motifs is 1. The van der Waals surface area contributed by atoms with Gasteiger partial charge in [0.05, 0.1) is 14.7 Å². The molecule has 0 aliphatic heterocycles. The Morgan fingerprint density at radius 1 is 1.24 bits per heavy atom. The molecule has 1 aromatic carbocycles. The lowest BCUT2D eigenvalue weighted by molar-refractivity contribution is 0.184. The fraction of sp³-hybridized carbons (Fsp3) is 0.611. The fourth-order valence-corrected chi connectivity index (χ4v) is 5.07. The van der Waals surface area contributed by atoms with Crippen molar-refractivity contribution < 1.29 is 0 Å². The van der Waals surface area contributed by atoms with Gasteiger partial charge in [-0.3, -0.25) is 0 Å². The third kappa shape index (κ3) is 2.85. The maximum atomic E-state index is 6.29. The summed E-state index contributed by atoms with van der Waals surface area (Å²) in [6, 6.07) is 6.08. The molecule has 1 saturated carbocycles. The lowest BCUT2D eigenvalue weighted by atomic mass is 9.68. The average Bonchev–Trinajstić information content (AvgIpc) is 2.94. The zero-order valence-electron chi connectivity index (χ0n) is 13.2. The second-order valence-corrected chi connectivity index (χ2v) is 8.45. The molecule has 1 nitrogen and oxygen atoms in total. The van der Waals surface area contributed by atoms with Crippen LogP contribution < -0.4 is 0 Å². The minimum atomic E-state index is 0.120. The molecule has 114 valence electrons. The van der Waals surface area contributed by atoms with Crippen LogP contribution in [-0.4, -0.2) is 4.98 Å². The highest BCUT2D eigenvalue weighted by Crippen LogP contribution is 2.44. The van der Waals surface area contributed by atoms with E-state index in [2.05, 4.69) is 26.8 Å². The predicted octanol–water partition coefficient (Wildman–Crippen LogP) is 6.44. The summed E-state index contributed by atoms with van der Waals surface area (Å²) in [5.41, 5.74) is 1.10. The van der Waals surface area contributed by atoms with Crippen LogP contribution in [0.2, 0.25) is 5.02 Å². The minimum absolute atomic E-state index is 0.120. The molecule has 0 spiro atoms. The van der Waals surface area contributed by atoms with Crippen molar-refractivity contribution in [2.24, 2.45) is 11.8 Å². The summed E-state index contributed by atoms with van der Waals surface area (Å²) in [5.74, 6) is 1.51. The lowest BCUT2D eigenvalue weighted by Gasteiger charge is -2.37. The van der Waals surface area contributed by atoms with Gasteiger partial charge < -0.3 is 0 Å². The van der Waals surface area contributed by atoms with Crippen LogP contribution >= 0.6 is 22.9 Å². The maximum absolute atomic E-state index is 6.29. The smallest absolute Gasteiger partial charge is 0.100 e. The average molecular weight is 322 g/mol. The molecule has 3 rings (SSSR count). The second-order valence-electron chi connectivity index (χ2n) is 7.01. The number of para-hydroxylation sites is 1. The molecule has 1 fully saturated rings. The van der Waals surface area contributed by atoms with E-state index in [0.717, 1.165) is 16.5 Å². The Labute approximate surface area is 136 Å². The maximum Gasteiger partial charge on any atom is 0.100 e. The number of rotatable bonds is 3. The molecule has 1 aromatic heterocycles. The summed E-state index contributed by atoms with van der Waals surface area (Å²) >= 11 is 8.11. The number of hydrogen-bond donors (Lipinski definition) is 0. The molecule has 2 aromatic rings. The van der Waals surface area contributed by atoms with Crippen LogP contribution in [0.15, 0.2) is 18.2 Å². The number of hydrogen-bond acceptors (Lipinski definition) is 2. The topological polar surface area (TPSA) is 12.9 Å². The largest absolute Gasteiger partial charge is 0.239 e. The van der Waals surface area contributed by atoms with Crippen molar-refractivity contribution in [2.75, 3.05) is 0 Å². The molecule has 1 atom stereocenters. The quantitative estimate of drug-likeness (QED) is 0.633. The SMILES string of the molecule is CC(C1CCCCC1)C(C)(C)c1nc2c(Cl)cccc2s1. The molecular formula is C18H24ClNS. The molecule has 1 aliphatic rings. The second kappa shape index (κ2) is 5.89. The van der Waals surface area contributed by atoms with Crippen molar-refractivity contribution in [2.45, 2.75) is 58.3 Å². The molecule has 0 amide bonds. The molecule has 0 N–H and O–H groups in total. The van der Waals surface area contributed by atoms with Gasteiger partial charge in [0.25, 0.3) is 0 Å². The van der Waals surface area contributed by atoms with Gasteiger partial charge in [0.2, 0.25) is 0 Å². The van der Waals surface area contributed by atoms with E-state index in [1.54, 1.807) is 0 Å². The Bertz CT molecular complexity index is 625. The number of benzene rings is 1. The highest BCUT2D eigenvalue weighted by molar-refractivity contribution is 7.18. The van der Waals surface area contributed by atoms with Gasteiger partial charge in [-0.15, -0.1) is 11.3 Å². The van der Waals surface area contributed by atoms with E-state index in [0.29, 0.717) is 5.92 Å². The first kappa shape index (κ1) is 15.3. The van der Waals surface area contributed by atoms with E-state index in [4.69, 9.17) is 16.6 Å². The summed E-state index contributed by atoms with van der Waals surface area (Å²) in [4.78, 5) is 4.89. The van der Waals surface area contributed by atoms with E-state index >= 15 is 0 Å². The third-order valence-corrected chi connectivity index (χ3v) is 7.08. The predicted molar refractivity (Wildman–Crippen MR) is 93.4 cm³/mol. The van der Waals surface area contributed by atoms with Crippen molar-refractivity contribution in [3.63, 3.8) is 0 Å². The van der Waals surface area contributed by atoms with Crippen molar-refractivity contribution in [3.8, 4) is 0 Å².